The van der Waals surface area contributed by atoms with Gasteiger partial charge < -0.3 is 10.6 Å². The monoisotopic (exact) mass is 291 g/mol. The third-order valence-electron chi connectivity index (χ3n) is 3.90. The van der Waals surface area contributed by atoms with Crippen molar-refractivity contribution in [3.63, 3.8) is 0 Å². The van der Waals surface area contributed by atoms with E-state index in [9.17, 15) is 4.79 Å². The Morgan fingerprint density at radius 1 is 1.37 bits per heavy atom. The molecule has 0 aromatic rings. The molecule has 1 rings (SSSR count). The number of nitrogens with one attached hydrogen (secondary N) is 2. The highest BCUT2D eigenvalue weighted by Crippen LogP contribution is 2.19. The van der Waals surface area contributed by atoms with E-state index in [1.807, 2.05) is 7.05 Å². The standard InChI is InChI=1S/C14H29N3O.ClH/c1-4-12(2)16-14(18)11-17-9-6-13(7-10-17)5-8-15-3;/h12-13,15H,4-11H2,1-3H3,(H,16,18);1H. The Morgan fingerprint density at radius 3 is 2.53 bits per heavy atom. The summed E-state index contributed by atoms with van der Waals surface area (Å²) < 4.78 is 0. The Bertz CT molecular complexity index is 243. The number of rotatable bonds is 7. The summed E-state index contributed by atoms with van der Waals surface area (Å²) in [5.74, 6) is 1.02. The zero-order valence-corrected chi connectivity index (χ0v) is 13.4. The number of hydrogen-bond donors (Lipinski definition) is 2. The highest BCUT2D eigenvalue weighted by atomic mass is 35.5. The van der Waals surface area contributed by atoms with Crippen LogP contribution >= 0.6 is 12.4 Å². The van der Waals surface area contributed by atoms with E-state index in [2.05, 4.69) is 29.4 Å². The van der Waals surface area contributed by atoms with Crippen molar-refractivity contribution in [2.24, 2.45) is 5.92 Å². The zero-order valence-electron chi connectivity index (χ0n) is 12.6. The number of likely N-dealkylation sites (tertiary alicyclic amines) is 1. The van der Waals surface area contributed by atoms with Crippen molar-refractivity contribution in [1.29, 1.82) is 0 Å². The highest BCUT2D eigenvalue weighted by Gasteiger charge is 2.20. The largest absolute Gasteiger partial charge is 0.353 e. The van der Waals surface area contributed by atoms with Crippen LogP contribution in [0.25, 0.3) is 0 Å². The van der Waals surface area contributed by atoms with Crippen LogP contribution in [0.3, 0.4) is 0 Å². The van der Waals surface area contributed by atoms with Gasteiger partial charge in [-0.2, -0.15) is 0 Å². The van der Waals surface area contributed by atoms with Gasteiger partial charge in [0.05, 0.1) is 6.54 Å². The molecule has 1 fully saturated rings. The second-order valence-electron chi connectivity index (χ2n) is 5.49. The summed E-state index contributed by atoms with van der Waals surface area (Å²) in [4.78, 5) is 14.1. The third kappa shape index (κ3) is 7.75. The summed E-state index contributed by atoms with van der Waals surface area (Å²) in [6.45, 7) is 7.98. The Kier molecular flexibility index (Phi) is 10.3. The maximum atomic E-state index is 11.8. The van der Waals surface area contributed by atoms with E-state index >= 15 is 0 Å². The van der Waals surface area contributed by atoms with E-state index in [-0.39, 0.29) is 18.3 Å². The fraction of sp³-hybridized carbons (Fsp3) is 0.929. The first-order valence-electron chi connectivity index (χ1n) is 7.32. The van der Waals surface area contributed by atoms with Crippen LogP contribution in [0.15, 0.2) is 0 Å². The molecule has 5 heteroatoms. The molecule has 0 radical (unpaired) electrons. The van der Waals surface area contributed by atoms with Crippen LogP contribution in [0.1, 0.15) is 39.5 Å². The predicted molar refractivity (Wildman–Crippen MR) is 82.9 cm³/mol. The van der Waals surface area contributed by atoms with Gasteiger partial charge in [0, 0.05) is 6.04 Å². The van der Waals surface area contributed by atoms with Crippen molar-refractivity contribution in [3.05, 3.63) is 0 Å². The van der Waals surface area contributed by atoms with Crippen LogP contribution in [0.4, 0.5) is 0 Å². The Morgan fingerprint density at radius 2 is 2.00 bits per heavy atom. The van der Waals surface area contributed by atoms with Gasteiger partial charge in [0.15, 0.2) is 0 Å². The molecule has 1 heterocycles. The smallest absolute Gasteiger partial charge is 0.234 e. The van der Waals surface area contributed by atoms with Crippen molar-refractivity contribution in [2.45, 2.75) is 45.6 Å². The molecule has 1 atom stereocenters. The van der Waals surface area contributed by atoms with Gasteiger partial charge in [-0.25, -0.2) is 0 Å². The number of nitrogens with zero attached hydrogens (tertiary/aromatic N) is 1. The van der Waals surface area contributed by atoms with Gasteiger partial charge >= 0.3 is 0 Å². The summed E-state index contributed by atoms with van der Waals surface area (Å²) in [6, 6.07) is 0.297. The number of piperidine rings is 1. The SMILES string of the molecule is CCC(C)NC(=O)CN1CCC(CCNC)CC1.Cl. The third-order valence-corrected chi connectivity index (χ3v) is 3.90. The lowest BCUT2D eigenvalue weighted by Crippen LogP contribution is -2.43. The molecule has 114 valence electrons. The number of carbonyl (C=O) groups is 1. The first kappa shape index (κ1) is 18.7. The Balaban J connectivity index is 0.00000324. The van der Waals surface area contributed by atoms with Gasteiger partial charge in [0.25, 0.3) is 0 Å². The van der Waals surface area contributed by atoms with Crippen LogP contribution in [0.5, 0.6) is 0 Å². The summed E-state index contributed by atoms with van der Waals surface area (Å²) in [5, 5.41) is 6.24. The fourth-order valence-electron chi connectivity index (χ4n) is 2.41. The van der Waals surface area contributed by atoms with Crippen molar-refractivity contribution in [1.82, 2.24) is 15.5 Å². The first-order valence-corrected chi connectivity index (χ1v) is 7.32. The zero-order chi connectivity index (χ0) is 13.4. The number of amides is 1. The van der Waals surface area contributed by atoms with Crippen LogP contribution in [0, 0.1) is 5.92 Å². The summed E-state index contributed by atoms with van der Waals surface area (Å²) >= 11 is 0. The predicted octanol–water partition coefficient (Wildman–Crippen LogP) is 1.64. The number of halogens is 1. The molecule has 0 aromatic carbocycles. The second kappa shape index (κ2) is 10.5. The normalized spacial score (nSPS) is 18.7. The van der Waals surface area contributed by atoms with Crippen LogP contribution < -0.4 is 10.6 Å². The Hall–Kier alpha value is -0.320. The molecule has 2 N–H and O–H groups in total. The average Bonchev–Trinajstić information content (AvgIpc) is 2.37. The molecule has 0 saturated carbocycles. The van der Waals surface area contributed by atoms with E-state index < -0.39 is 0 Å². The van der Waals surface area contributed by atoms with E-state index in [1.54, 1.807) is 0 Å². The minimum atomic E-state index is 0. The minimum absolute atomic E-state index is 0. The summed E-state index contributed by atoms with van der Waals surface area (Å²) in [5.41, 5.74) is 0. The molecule has 1 aliphatic heterocycles. The van der Waals surface area contributed by atoms with Gasteiger partial charge in [-0.15, -0.1) is 12.4 Å². The maximum Gasteiger partial charge on any atom is 0.234 e. The lowest BCUT2D eigenvalue weighted by Gasteiger charge is -2.31. The fourth-order valence-corrected chi connectivity index (χ4v) is 2.41. The van der Waals surface area contributed by atoms with Crippen molar-refractivity contribution in [2.75, 3.05) is 33.2 Å². The topological polar surface area (TPSA) is 44.4 Å². The molecular weight excluding hydrogens is 262 g/mol. The molecule has 0 bridgehead atoms. The number of carbonyl (C=O) groups excluding carboxylic acids is 1. The van der Waals surface area contributed by atoms with Crippen molar-refractivity contribution in [3.8, 4) is 0 Å². The van der Waals surface area contributed by atoms with Gasteiger partial charge in [-0.3, -0.25) is 9.69 Å². The minimum Gasteiger partial charge on any atom is -0.353 e. The van der Waals surface area contributed by atoms with Gasteiger partial charge in [-0.1, -0.05) is 6.92 Å². The molecule has 0 spiro atoms. The quantitative estimate of drug-likeness (QED) is 0.750. The molecule has 1 amide bonds. The summed E-state index contributed by atoms with van der Waals surface area (Å²) in [6.07, 6.45) is 4.73. The molecule has 0 aromatic heterocycles. The van der Waals surface area contributed by atoms with Crippen LogP contribution in [-0.2, 0) is 4.79 Å². The lowest BCUT2D eigenvalue weighted by molar-refractivity contribution is -0.123. The van der Waals surface area contributed by atoms with Crippen LogP contribution in [0.2, 0.25) is 0 Å². The lowest BCUT2D eigenvalue weighted by atomic mass is 9.93. The first-order chi connectivity index (χ1) is 8.65. The van der Waals surface area contributed by atoms with Gasteiger partial charge in [0.1, 0.15) is 0 Å². The molecule has 19 heavy (non-hydrogen) atoms. The highest BCUT2D eigenvalue weighted by molar-refractivity contribution is 5.85. The molecule has 1 unspecified atom stereocenters. The summed E-state index contributed by atoms with van der Waals surface area (Å²) in [7, 11) is 2.01. The van der Waals surface area contributed by atoms with Crippen LogP contribution in [-0.4, -0.2) is 50.1 Å². The number of hydrogen-bond acceptors (Lipinski definition) is 3. The average molecular weight is 292 g/mol. The molecular formula is C14H30ClN3O. The van der Waals surface area contributed by atoms with E-state index in [4.69, 9.17) is 0 Å². The van der Waals surface area contributed by atoms with E-state index in [0.29, 0.717) is 12.6 Å². The van der Waals surface area contributed by atoms with E-state index in [1.165, 1.54) is 19.3 Å². The molecule has 4 nitrogen and oxygen atoms in total. The van der Waals surface area contributed by atoms with Crippen molar-refractivity contribution >= 4 is 18.3 Å². The molecule has 1 aliphatic rings. The van der Waals surface area contributed by atoms with E-state index in [0.717, 1.165) is 32.0 Å². The van der Waals surface area contributed by atoms with Crippen molar-refractivity contribution < 1.29 is 4.79 Å². The Labute approximate surface area is 124 Å². The maximum absolute atomic E-state index is 11.8. The van der Waals surface area contributed by atoms with Gasteiger partial charge in [0.2, 0.25) is 5.91 Å². The molecule has 1 saturated heterocycles. The molecule has 0 aliphatic carbocycles. The second-order valence-corrected chi connectivity index (χ2v) is 5.49. The van der Waals surface area contributed by atoms with Gasteiger partial charge in [-0.05, 0) is 65.2 Å².